The van der Waals surface area contributed by atoms with E-state index in [0.29, 0.717) is 30.9 Å². The highest BCUT2D eigenvalue weighted by Gasteiger charge is 2.33. The fraction of sp³-hybridized carbons (Fsp3) is 0.353. The average molecular weight is 420 g/mol. The van der Waals surface area contributed by atoms with Crippen LogP contribution < -0.4 is 0 Å². The first-order valence-corrected chi connectivity index (χ1v) is 9.98. The second-order valence-corrected chi connectivity index (χ2v) is 8.52. The average Bonchev–Trinajstić information content (AvgIpc) is 2.62. The maximum absolute atomic E-state index is 12.9. The zero-order chi connectivity index (χ0) is 19.7. The van der Waals surface area contributed by atoms with E-state index in [4.69, 9.17) is 11.6 Å². The van der Waals surface area contributed by atoms with Gasteiger partial charge in [0.2, 0.25) is 10.0 Å². The van der Waals surface area contributed by atoms with Crippen LogP contribution in [0.1, 0.15) is 11.1 Å². The summed E-state index contributed by atoms with van der Waals surface area (Å²) < 4.78 is 65.2. The van der Waals surface area contributed by atoms with E-state index in [1.54, 1.807) is 12.3 Å². The van der Waals surface area contributed by atoms with E-state index in [9.17, 15) is 21.6 Å². The number of sulfonamides is 1. The van der Waals surface area contributed by atoms with Gasteiger partial charge in [0, 0.05) is 38.9 Å². The fourth-order valence-electron chi connectivity index (χ4n) is 2.91. The van der Waals surface area contributed by atoms with Gasteiger partial charge in [-0.3, -0.25) is 4.90 Å². The Labute approximate surface area is 160 Å². The topological polar surface area (TPSA) is 53.5 Å². The first-order valence-electron chi connectivity index (χ1n) is 8.16. The highest BCUT2D eigenvalue weighted by atomic mass is 35.5. The molecule has 1 aromatic heterocycles. The van der Waals surface area contributed by atoms with E-state index in [-0.39, 0.29) is 18.0 Å². The lowest BCUT2D eigenvalue weighted by molar-refractivity contribution is -0.137. The molecule has 27 heavy (non-hydrogen) atoms. The molecule has 5 nitrogen and oxygen atoms in total. The van der Waals surface area contributed by atoms with E-state index in [1.165, 1.54) is 10.4 Å². The Bertz CT molecular complexity index is 914. The van der Waals surface area contributed by atoms with Crippen molar-refractivity contribution in [3.8, 4) is 0 Å². The second-order valence-electron chi connectivity index (χ2n) is 6.19. The summed E-state index contributed by atoms with van der Waals surface area (Å²) in [5, 5.41) is 0.387. The molecule has 0 atom stereocenters. The number of hydrogen-bond acceptors (Lipinski definition) is 4. The standard InChI is InChI=1S/C17H17ClF3N3O2S/c18-16-10-13(4-5-22-16)12-23-6-8-24(9-7-23)27(25,26)15-3-1-2-14(11-15)17(19,20)21/h1-5,10-11H,6-9,12H2. The monoisotopic (exact) mass is 419 g/mol. The van der Waals surface area contributed by atoms with Gasteiger partial charge in [-0.05, 0) is 35.9 Å². The lowest BCUT2D eigenvalue weighted by Crippen LogP contribution is -2.48. The van der Waals surface area contributed by atoms with Crippen molar-refractivity contribution in [2.75, 3.05) is 26.2 Å². The fourth-order valence-corrected chi connectivity index (χ4v) is 4.57. The van der Waals surface area contributed by atoms with Crippen molar-refractivity contribution in [3.63, 3.8) is 0 Å². The Morgan fingerprint density at radius 2 is 1.78 bits per heavy atom. The molecule has 2 heterocycles. The molecule has 10 heteroatoms. The number of piperazine rings is 1. The van der Waals surface area contributed by atoms with Gasteiger partial charge in [-0.15, -0.1) is 0 Å². The third-order valence-corrected chi connectivity index (χ3v) is 6.43. The molecule has 1 fully saturated rings. The van der Waals surface area contributed by atoms with Gasteiger partial charge >= 0.3 is 6.18 Å². The molecule has 2 aromatic rings. The molecule has 0 N–H and O–H groups in total. The van der Waals surface area contributed by atoms with Gasteiger partial charge in [-0.2, -0.15) is 17.5 Å². The SMILES string of the molecule is O=S(=O)(c1cccc(C(F)(F)F)c1)N1CCN(Cc2ccnc(Cl)c2)CC1. The summed E-state index contributed by atoms with van der Waals surface area (Å²) in [6, 6.07) is 7.41. The number of aromatic nitrogens is 1. The van der Waals surface area contributed by atoms with Crippen molar-refractivity contribution in [2.45, 2.75) is 17.6 Å². The number of pyridine rings is 1. The van der Waals surface area contributed by atoms with Gasteiger partial charge in [0.1, 0.15) is 5.15 Å². The smallest absolute Gasteiger partial charge is 0.296 e. The van der Waals surface area contributed by atoms with Crippen LogP contribution in [-0.2, 0) is 22.7 Å². The van der Waals surface area contributed by atoms with Crippen LogP contribution in [0.5, 0.6) is 0 Å². The van der Waals surface area contributed by atoms with Gasteiger partial charge in [-0.25, -0.2) is 13.4 Å². The summed E-state index contributed by atoms with van der Waals surface area (Å²) in [4.78, 5) is 5.63. The lowest BCUT2D eigenvalue weighted by Gasteiger charge is -2.34. The van der Waals surface area contributed by atoms with Crippen LogP contribution in [0.4, 0.5) is 13.2 Å². The molecule has 0 bridgehead atoms. The van der Waals surface area contributed by atoms with Gasteiger partial charge < -0.3 is 0 Å². The van der Waals surface area contributed by atoms with E-state index < -0.39 is 21.8 Å². The van der Waals surface area contributed by atoms with Crippen LogP contribution in [0.15, 0.2) is 47.5 Å². The highest BCUT2D eigenvalue weighted by molar-refractivity contribution is 7.89. The Hall–Kier alpha value is -1.68. The summed E-state index contributed by atoms with van der Waals surface area (Å²) in [6.07, 6.45) is -2.98. The minimum Gasteiger partial charge on any atom is -0.296 e. The third kappa shape index (κ3) is 4.78. The summed E-state index contributed by atoms with van der Waals surface area (Å²) in [7, 11) is -3.97. The third-order valence-electron chi connectivity index (χ3n) is 4.33. The van der Waals surface area contributed by atoms with Crippen LogP contribution in [0.25, 0.3) is 0 Å². The predicted molar refractivity (Wildman–Crippen MR) is 94.7 cm³/mol. The zero-order valence-electron chi connectivity index (χ0n) is 14.2. The molecule has 0 spiro atoms. The molecule has 1 aliphatic rings. The van der Waals surface area contributed by atoms with E-state index in [1.807, 2.05) is 6.07 Å². The van der Waals surface area contributed by atoms with E-state index >= 15 is 0 Å². The van der Waals surface area contributed by atoms with Crippen LogP contribution in [0, 0.1) is 0 Å². The minimum atomic E-state index is -4.59. The van der Waals surface area contributed by atoms with Crippen LogP contribution in [0.2, 0.25) is 5.15 Å². The van der Waals surface area contributed by atoms with Crippen molar-refractivity contribution in [2.24, 2.45) is 0 Å². The van der Waals surface area contributed by atoms with Gasteiger partial charge in [-0.1, -0.05) is 17.7 Å². The molecule has 0 amide bonds. The van der Waals surface area contributed by atoms with Gasteiger partial charge in [0.05, 0.1) is 10.5 Å². The van der Waals surface area contributed by atoms with Gasteiger partial charge in [0.15, 0.2) is 0 Å². The number of nitrogens with zero attached hydrogens (tertiary/aromatic N) is 3. The highest BCUT2D eigenvalue weighted by Crippen LogP contribution is 2.31. The molecule has 3 rings (SSSR count). The maximum atomic E-state index is 12.9. The van der Waals surface area contributed by atoms with Crippen molar-refractivity contribution in [1.82, 2.24) is 14.2 Å². The lowest BCUT2D eigenvalue weighted by atomic mass is 10.2. The molecule has 146 valence electrons. The predicted octanol–water partition coefficient (Wildman–Crippen LogP) is 3.26. The Morgan fingerprint density at radius 3 is 2.41 bits per heavy atom. The Balaban J connectivity index is 1.68. The number of halogens is 4. The van der Waals surface area contributed by atoms with Crippen LogP contribution in [0.3, 0.4) is 0 Å². The van der Waals surface area contributed by atoms with E-state index in [2.05, 4.69) is 9.88 Å². The molecular weight excluding hydrogens is 403 g/mol. The maximum Gasteiger partial charge on any atom is 0.416 e. The van der Waals surface area contributed by atoms with Crippen molar-refractivity contribution >= 4 is 21.6 Å². The second kappa shape index (κ2) is 7.75. The van der Waals surface area contributed by atoms with Crippen LogP contribution >= 0.6 is 11.6 Å². The molecule has 1 saturated heterocycles. The summed E-state index contributed by atoms with van der Waals surface area (Å²) in [6.45, 7) is 1.95. The number of benzene rings is 1. The summed E-state index contributed by atoms with van der Waals surface area (Å²) in [5.41, 5.74) is -0.0130. The Morgan fingerprint density at radius 1 is 1.07 bits per heavy atom. The molecule has 0 radical (unpaired) electrons. The molecule has 0 aliphatic carbocycles. The number of alkyl halides is 3. The molecule has 0 saturated carbocycles. The normalized spacial score (nSPS) is 17.2. The number of rotatable bonds is 4. The van der Waals surface area contributed by atoms with E-state index in [0.717, 1.165) is 17.7 Å². The number of hydrogen-bond donors (Lipinski definition) is 0. The van der Waals surface area contributed by atoms with Gasteiger partial charge in [0.25, 0.3) is 0 Å². The summed E-state index contributed by atoms with van der Waals surface area (Å²) >= 11 is 5.86. The quantitative estimate of drug-likeness (QED) is 0.714. The first kappa shape index (κ1) is 20.1. The van der Waals surface area contributed by atoms with Crippen molar-refractivity contribution in [3.05, 3.63) is 58.9 Å². The molecule has 0 unspecified atom stereocenters. The molecule has 1 aromatic carbocycles. The van der Waals surface area contributed by atoms with Crippen LogP contribution in [-0.4, -0.2) is 48.8 Å². The molecular formula is C17H17ClF3N3O2S. The first-order chi connectivity index (χ1) is 12.7. The zero-order valence-corrected chi connectivity index (χ0v) is 15.7. The van der Waals surface area contributed by atoms with Crippen molar-refractivity contribution in [1.29, 1.82) is 0 Å². The van der Waals surface area contributed by atoms with Crippen molar-refractivity contribution < 1.29 is 21.6 Å². The molecule has 1 aliphatic heterocycles. The minimum absolute atomic E-state index is 0.206. The summed E-state index contributed by atoms with van der Waals surface area (Å²) in [5.74, 6) is 0. The largest absolute Gasteiger partial charge is 0.416 e. The Kier molecular flexibility index (Phi) is 5.76.